The second kappa shape index (κ2) is 6.46. The van der Waals surface area contributed by atoms with Gasteiger partial charge in [-0.15, -0.1) is 5.10 Å². The van der Waals surface area contributed by atoms with Crippen LogP contribution in [0.2, 0.25) is 5.02 Å². The lowest BCUT2D eigenvalue weighted by Crippen LogP contribution is -2.00. The maximum absolute atomic E-state index is 13.2. The molecule has 1 heterocycles. The average molecular weight is 335 g/mol. The molecule has 3 aromatic rings. The number of halogens is 2. The van der Waals surface area contributed by atoms with E-state index in [4.69, 9.17) is 11.6 Å². The van der Waals surface area contributed by atoms with E-state index in [1.807, 2.05) is 37.3 Å². The molecule has 0 aliphatic heterocycles. The molecule has 22 heavy (non-hydrogen) atoms. The van der Waals surface area contributed by atoms with Crippen LogP contribution in [0.4, 0.5) is 4.39 Å². The van der Waals surface area contributed by atoms with Crippen molar-refractivity contribution in [1.29, 1.82) is 0 Å². The number of benzene rings is 2. The summed E-state index contributed by atoms with van der Waals surface area (Å²) in [6.07, 6.45) is 0. The van der Waals surface area contributed by atoms with Crippen LogP contribution in [0, 0.1) is 5.82 Å². The van der Waals surface area contributed by atoms with Crippen LogP contribution in [-0.2, 0) is 0 Å². The summed E-state index contributed by atoms with van der Waals surface area (Å²) in [5, 5.41) is 12.6. The lowest BCUT2D eigenvalue weighted by atomic mass is 10.2. The Bertz CT molecular complexity index is 778. The number of para-hydroxylation sites is 1. The van der Waals surface area contributed by atoms with Crippen LogP contribution in [0.25, 0.3) is 5.69 Å². The highest BCUT2D eigenvalue weighted by Crippen LogP contribution is 2.35. The first-order valence-electron chi connectivity index (χ1n) is 6.60. The van der Waals surface area contributed by atoms with Gasteiger partial charge in [0.15, 0.2) is 0 Å². The Balaban J connectivity index is 1.85. The summed E-state index contributed by atoms with van der Waals surface area (Å²) in [6, 6.07) is 14.4. The molecule has 4 nitrogen and oxygen atoms in total. The minimum absolute atomic E-state index is 0.0339. The van der Waals surface area contributed by atoms with Crippen molar-refractivity contribution in [2.75, 3.05) is 0 Å². The number of hydrogen-bond donors (Lipinski definition) is 0. The third kappa shape index (κ3) is 3.13. The van der Waals surface area contributed by atoms with Gasteiger partial charge in [0.05, 0.1) is 10.7 Å². The van der Waals surface area contributed by atoms with Crippen LogP contribution in [0.15, 0.2) is 53.7 Å². The van der Waals surface area contributed by atoms with Crippen molar-refractivity contribution in [3.63, 3.8) is 0 Å². The first-order chi connectivity index (χ1) is 10.6. The molecule has 0 saturated carbocycles. The Morgan fingerprint density at radius 2 is 1.95 bits per heavy atom. The van der Waals surface area contributed by atoms with Crippen molar-refractivity contribution >= 4 is 23.4 Å². The molecule has 7 heteroatoms. The fraction of sp³-hybridized carbons (Fsp3) is 0.133. The minimum atomic E-state index is -0.420. The highest BCUT2D eigenvalue weighted by atomic mass is 35.5. The summed E-state index contributed by atoms with van der Waals surface area (Å²) in [7, 11) is 0. The van der Waals surface area contributed by atoms with E-state index in [1.165, 1.54) is 17.8 Å². The molecule has 0 amide bonds. The normalized spacial score (nSPS) is 12.3. The van der Waals surface area contributed by atoms with E-state index in [1.54, 1.807) is 16.8 Å². The molecule has 0 bridgehead atoms. The molecule has 1 unspecified atom stereocenters. The van der Waals surface area contributed by atoms with Gasteiger partial charge in [0.25, 0.3) is 0 Å². The lowest BCUT2D eigenvalue weighted by Gasteiger charge is -2.11. The predicted molar refractivity (Wildman–Crippen MR) is 84.8 cm³/mol. The van der Waals surface area contributed by atoms with E-state index < -0.39 is 5.82 Å². The van der Waals surface area contributed by atoms with Crippen LogP contribution < -0.4 is 0 Å². The number of tetrazole rings is 1. The standard InChI is InChI=1S/C15H12ClFN4S/c1-10(11-7-8-14(17)13(16)9-11)22-15-18-19-20-21(15)12-5-3-2-4-6-12/h2-10H,1H3. The van der Waals surface area contributed by atoms with Crippen LogP contribution in [-0.4, -0.2) is 20.2 Å². The van der Waals surface area contributed by atoms with E-state index in [0.29, 0.717) is 5.16 Å². The largest absolute Gasteiger partial charge is 0.214 e. The van der Waals surface area contributed by atoms with Crippen LogP contribution in [0.3, 0.4) is 0 Å². The van der Waals surface area contributed by atoms with Gasteiger partial charge in [-0.3, -0.25) is 0 Å². The van der Waals surface area contributed by atoms with Crippen molar-refractivity contribution in [3.8, 4) is 5.69 Å². The zero-order valence-corrected chi connectivity index (χ0v) is 13.2. The highest BCUT2D eigenvalue weighted by molar-refractivity contribution is 7.99. The Morgan fingerprint density at radius 1 is 1.18 bits per heavy atom. The van der Waals surface area contributed by atoms with Gasteiger partial charge >= 0.3 is 0 Å². The van der Waals surface area contributed by atoms with Crippen LogP contribution in [0.1, 0.15) is 17.7 Å². The molecule has 112 valence electrons. The van der Waals surface area contributed by atoms with Crippen molar-refractivity contribution in [2.24, 2.45) is 0 Å². The Labute approximate surface area is 136 Å². The van der Waals surface area contributed by atoms with Gasteiger partial charge in [-0.2, -0.15) is 4.68 Å². The first kappa shape index (κ1) is 15.0. The average Bonchev–Trinajstić information content (AvgIpc) is 2.99. The fourth-order valence-corrected chi connectivity index (χ4v) is 3.09. The Hall–Kier alpha value is -1.92. The van der Waals surface area contributed by atoms with E-state index in [2.05, 4.69) is 15.5 Å². The Kier molecular flexibility index (Phi) is 4.40. The van der Waals surface area contributed by atoms with E-state index in [9.17, 15) is 4.39 Å². The predicted octanol–water partition coefficient (Wildman–Crippen LogP) is 4.31. The van der Waals surface area contributed by atoms with Gasteiger partial charge in [-0.05, 0) is 47.2 Å². The van der Waals surface area contributed by atoms with Gasteiger partial charge in [-0.1, -0.05) is 47.6 Å². The molecule has 2 aromatic carbocycles. The molecular formula is C15H12ClFN4S. The molecule has 0 spiro atoms. The summed E-state index contributed by atoms with van der Waals surface area (Å²) in [4.78, 5) is 0. The topological polar surface area (TPSA) is 43.6 Å². The second-order valence-corrected chi connectivity index (χ2v) is 6.36. The van der Waals surface area contributed by atoms with E-state index >= 15 is 0 Å². The molecule has 0 saturated heterocycles. The third-order valence-electron chi connectivity index (χ3n) is 3.14. The fourth-order valence-electron chi connectivity index (χ4n) is 1.98. The smallest absolute Gasteiger partial charge is 0.205 e. The maximum atomic E-state index is 13.2. The van der Waals surface area contributed by atoms with Crippen molar-refractivity contribution in [1.82, 2.24) is 20.2 Å². The van der Waals surface area contributed by atoms with Gasteiger partial charge in [0.2, 0.25) is 5.16 Å². The highest BCUT2D eigenvalue weighted by Gasteiger charge is 2.15. The lowest BCUT2D eigenvalue weighted by molar-refractivity contribution is 0.627. The van der Waals surface area contributed by atoms with Crippen molar-refractivity contribution < 1.29 is 4.39 Å². The van der Waals surface area contributed by atoms with Gasteiger partial charge < -0.3 is 0 Å². The van der Waals surface area contributed by atoms with Gasteiger partial charge in [-0.25, -0.2) is 4.39 Å². The van der Waals surface area contributed by atoms with Gasteiger partial charge in [0, 0.05) is 5.25 Å². The Morgan fingerprint density at radius 3 is 2.68 bits per heavy atom. The number of rotatable bonds is 4. The van der Waals surface area contributed by atoms with Crippen LogP contribution in [0.5, 0.6) is 0 Å². The molecule has 0 aliphatic carbocycles. The SMILES string of the molecule is CC(Sc1nnnn1-c1ccccc1)c1ccc(F)c(Cl)c1. The monoisotopic (exact) mass is 334 g/mol. The molecule has 1 aromatic heterocycles. The van der Waals surface area contributed by atoms with Gasteiger partial charge in [0.1, 0.15) is 5.82 Å². The van der Waals surface area contributed by atoms with Crippen molar-refractivity contribution in [3.05, 3.63) is 64.9 Å². The maximum Gasteiger partial charge on any atom is 0.214 e. The number of aromatic nitrogens is 4. The molecule has 0 radical (unpaired) electrons. The van der Waals surface area contributed by atoms with E-state index in [-0.39, 0.29) is 10.3 Å². The summed E-state index contributed by atoms with van der Waals surface area (Å²) >= 11 is 7.32. The summed E-state index contributed by atoms with van der Waals surface area (Å²) < 4.78 is 14.9. The molecule has 1 atom stereocenters. The zero-order valence-electron chi connectivity index (χ0n) is 11.6. The first-order valence-corrected chi connectivity index (χ1v) is 7.86. The second-order valence-electron chi connectivity index (χ2n) is 4.64. The number of thioether (sulfide) groups is 1. The number of nitrogens with zero attached hydrogens (tertiary/aromatic N) is 4. The molecule has 3 rings (SSSR count). The van der Waals surface area contributed by atoms with Crippen LogP contribution >= 0.6 is 23.4 Å². The summed E-state index contributed by atoms with van der Waals surface area (Å²) in [5.74, 6) is -0.420. The van der Waals surface area contributed by atoms with E-state index in [0.717, 1.165) is 11.3 Å². The minimum Gasteiger partial charge on any atom is -0.205 e. The number of hydrogen-bond acceptors (Lipinski definition) is 4. The summed E-state index contributed by atoms with van der Waals surface area (Å²) in [5.41, 5.74) is 1.80. The molecule has 0 N–H and O–H groups in total. The molecule has 0 aliphatic rings. The van der Waals surface area contributed by atoms with Crippen molar-refractivity contribution in [2.45, 2.75) is 17.3 Å². The quantitative estimate of drug-likeness (QED) is 0.667. The summed E-state index contributed by atoms with van der Waals surface area (Å²) in [6.45, 7) is 2.00. The molecular weight excluding hydrogens is 323 g/mol. The third-order valence-corrected chi connectivity index (χ3v) is 4.52. The molecule has 0 fully saturated rings. The zero-order chi connectivity index (χ0) is 15.5.